The summed E-state index contributed by atoms with van der Waals surface area (Å²) in [7, 11) is 0. The maximum Gasteiger partial charge on any atom is 0.335 e. The minimum absolute atomic E-state index is 0.0112. The van der Waals surface area contributed by atoms with Gasteiger partial charge in [0.1, 0.15) is 0 Å². The largest absolute Gasteiger partial charge is 0.478 e. The first-order valence-electron chi connectivity index (χ1n) is 6.78. The number of ether oxygens (including phenoxy) is 1. The van der Waals surface area contributed by atoms with Crippen molar-refractivity contribution in [3.8, 4) is 0 Å². The highest BCUT2D eigenvalue weighted by molar-refractivity contribution is 5.87. The van der Waals surface area contributed by atoms with E-state index in [0.717, 1.165) is 18.4 Å². The number of benzene rings is 1. The zero-order chi connectivity index (χ0) is 14.5. The number of carboxylic acid groups (broad SMARTS) is 1. The molecule has 1 amide bonds. The zero-order valence-corrected chi connectivity index (χ0v) is 11.5. The molecule has 1 heterocycles. The number of carbonyl (C=O) groups is 2. The summed E-state index contributed by atoms with van der Waals surface area (Å²) in [6.45, 7) is 3.03. The third kappa shape index (κ3) is 3.81. The molecule has 1 aliphatic rings. The summed E-state index contributed by atoms with van der Waals surface area (Å²) in [5.41, 5.74) is 1.14. The molecule has 0 aliphatic carbocycles. The Labute approximate surface area is 117 Å². The fourth-order valence-electron chi connectivity index (χ4n) is 2.33. The molecule has 2 N–H and O–H groups in total. The van der Waals surface area contributed by atoms with Crippen LogP contribution >= 0.6 is 0 Å². The summed E-state index contributed by atoms with van der Waals surface area (Å²) >= 11 is 0. The van der Waals surface area contributed by atoms with Crippen LogP contribution in [0, 0.1) is 5.92 Å². The van der Waals surface area contributed by atoms with Crippen LogP contribution in [-0.2, 0) is 16.1 Å². The van der Waals surface area contributed by atoms with E-state index in [0.29, 0.717) is 13.2 Å². The number of amides is 1. The van der Waals surface area contributed by atoms with E-state index >= 15 is 0 Å². The number of rotatable bonds is 4. The number of hydrogen-bond acceptors (Lipinski definition) is 3. The molecule has 0 bridgehead atoms. The zero-order valence-electron chi connectivity index (χ0n) is 11.5. The predicted octanol–water partition coefficient (Wildman–Crippen LogP) is 1.82. The average molecular weight is 277 g/mol. The molecule has 0 radical (unpaired) electrons. The van der Waals surface area contributed by atoms with E-state index in [4.69, 9.17) is 9.84 Å². The molecule has 20 heavy (non-hydrogen) atoms. The van der Waals surface area contributed by atoms with Crippen LogP contribution in [0.2, 0.25) is 0 Å². The maximum absolute atomic E-state index is 12.0. The van der Waals surface area contributed by atoms with E-state index in [2.05, 4.69) is 5.32 Å². The van der Waals surface area contributed by atoms with Gasteiger partial charge in [-0.25, -0.2) is 4.79 Å². The first-order valence-corrected chi connectivity index (χ1v) is 6.78. The van der Waals surface area contributed by atoms with E-state index in [1.165, 1.54) is 0 Å². The summed E-state index contributed by atoms with van der Waals surface area (Å²) in [4.78, 5) is 22.8. The van der Waals surface area contributed by atoms with E-state index < -0.39 is 5.97 Å². The second kappa shape index (κ2) is 6.52. The molecule has 1 aromatic rings. The fraction of sp³-hybridized carbons (Fsp3) is 0.467. The van der Waals surface area contributed by atoms with Crippen LogP contribution in [0.3, 0.4) is 0 Å². The standard InChI is InChI=1S/C15H19NO4/c1-10-8-13(6-7-20-10)14(17)16-9-11-2-4-12(5-3-11)15(18)19/h2-5,10,13H,6-9H2,1H3,(H,16,17)(H,18,19). The first kappa shape index (κ1) is 14.5. The molecule has 1 aromatic carbocycles. The lowest BCUT2D eigenvalue weighted by atomic mass is 9.95. The van der Waals surface area contributed by atoms with Crippen LogP contribution in [0.1, 0.15) is 35.7 Å². The molecule has 1 fully saturated rings. The van der Waals surface area contributed by atoms with Gasteiger partial charge in [0.2, 0.25) is 5.91 Å². The highest BCUT2D eigenvalue weighted by atomic mass is 16.5. The van der Waals surface area contributed by atoms with E-state index in [1.807, 2.05) is 6.92 Å². The Hall–Kier alpha value is -1.88. The number of carboxylic acids is 1. The highest BCUT2D eigenvalue weighted by Crippen LogP contribution is 2.20. The molecule has 0 spiro atoms. The minimum Gasteiger partial charge on any atom is -0.478 e. The van der Waals surface area contributed by atoms with Crippen LogP contribution in [-0.4, -0.2) is 29.7 Å². The molecule has 0 saturated carbocycles. The van der Waals surface area contributed by atoms with Crippen molar-refractivity contribution in [3.05, 3.63) is 35.4 Å². The van der Waals surface area contributed by atoms with E-state index in [-0.39, 0.29) is 23.5 Å². The van der Waals surface area contributed by atoms with Gasteiger partial charge >= 0.3 is 5.97 Å². The van der Waals surface area contributed by atoms with Gasteiger partial charge in [0, 0.05) is 19.1 Å². The van der Waals surface area contributed by atoms with Crippen LogP contribution in [0.15, 0.2) is 24.3 Å². The predicted molar refractivity (Wildman–Crippen MR) is 73.4 cm³/mol. The summed E-state index contributed by atoms with van der Waals surface area (Å²) in [6.07, 6.45) is 1.65. The van der Waals surface area contributed by atoms with Gasteiger partial charge in [0.05, 0.1) is 11.7 Å². The quantitative estimate of drug-likeness (QED) is 0.880. The van der Waals surface area contributed by atoms with Gasteiger partial charge in [-0.2, -0.15) is 0 Å². The Morgan fingerprint density at radius 2 is 2.05 bits per heavy atom. The van der Waals surface area contributed by atoms with Crippen molar-refractivity contribution in [1.82, 2.24) is 5.32 Å². The second-order valence-electron chi connectivity index (χ2n) is 5.12. The Kier molecular flexibility index (Phi) is 4.74. The normalized spacial score (nSPS) is 22.2. The van der Waals surface area contributed by atoms with Crippen molar-refractivity contribution >= 4 is 11.9 Å². The molecule has 5 nitrogen and oxygen atoms in total. The van der Waals surface area contributed by atoms with Crippen LogP contribution in [0.4, 0.5) is 0 Å². The van der Waals surface area contributed by atoms with Crippen molar-refractivity contribution in [1.29, 1.82) is 0 Å². The molecule has 2 unspecified atom stereocenters. The number of aromatic carboxylic acids is 1. The molecular weight excluding hydrogens is 258 g/mol. The molecule has 5 heteroatoms. The van der Waals surface area contributed by atoms with Gasteiger partial charge in [-0.1, -0.05) is 12.1 Å². The topological polar surface area (TPSA) is 75.6 Å². The first-order chi connectivity index (χ1) is 9.56. The molecule has 108 valence electrons. The van der Waals surface area contributed by atoms with Crippen molar-refractivity contribution in [2.45, 2.75) is 32.4 Å². The van der Waals surface area contributed by atoms with Crippen molar-refractivity contribution < 1.29 is 19.4 Å². The van der Waals surface area contributed by atoms with Crippen molar-refractivity contribution in [3.63, 3.8) is 0 Å². The second-order valence-corrected chi connectivity index (χ2v) is 5.12. The fourth-order valence-corrected chi connectivity index (χ4v) is 2.33. The lowest BCUT2D eigenvalue weighted by Crippen LogP contribution is -2.36. The number of carbonyl (C=O) groups excluding carboxylic acids is 1. The van der Waals surface area contributed by atoms with Crippen LogP contribution in [0.25, 0.3) is 0 Å². The van der Waals surface area contributed by atoms with Gasteiger partial charge in [-0.15, -0.1) is 0 Å². The van der Waals surface area contributed by atoms with Gasteiger partial charge < -0.3 is 15.2 Å². The van der Waals surface area contributed by atoms with Crippen molar-refractivity contribution in [2.75, 3.05) is 6.61 Å². The average Bonchev–Trinajstić information content (AvgIpc) is 2.45. The Bertz CT molecular complexity index is 483. The summed E-state index contributed by atoms with van der Waals surface area (Å²) in [5, 5.41) is 11.7. The smallest absolute Gasteiger partial charge is 0.335 e. The van der Waals surface area contributed by atoms with Crippen LogP contribution in [0.5, 0.6) is 0 Å². The minimum atomic E-state index is -0.947. The van der Waals surface area contributed by atoms with Gasteiger partial charge in [0.15, 0.2) is 0 Å². The third-order valence-corrected chi connectivity index (χ3v) is 3.52. The number of nitrogens with one attached hydrogen (secondary N) is 1. The lowest BCUT2D eigenvalue weighted by Gasteiger charge is -2.26. The Morgan fingerprint density at radius 3 is 2.65 bits per heavy atom. The number of hydrogen-bond donors (Lipinski definition) is 2. The monoisotopic (exact) mass is 277 g/mol. The van der Waals surface area contributed by atoms with Crippen LogP contribution < -0.4 is 5.32 Å². The SMILES string of the molecule is CC1CC(C(=O)NCc2ccc(C(=O)O)cc2)CCO1. The molecule has 0 aromatic heterocycles. The third-order valence-electron chi connectivity index (χ3n) is 3.52. The molecule has 2 atom stereocenters. The van der Waals surface area contributed by atoms with Gasteiger partial charge in [-0.3, -0.25) is 4.79 Å². The highest BCUT2D eigenvalue weighted by Gasteiger charge is 2.25. The maximum atomic E-state index is 12.0. The van der Waals surface area contributed by atoms with E-state index in [1.54, 1.807) is 24.3 Å². The van der Waals surface area contributed by atoms with E-state index in [9.17, 15) is 9.59 Å². The lowest BCUT2D eigenvalue weighted by molar-refractivity contribution is -0.129. The summed E-state index contributed by atoms with van der Waals surface area (Å²) in [5.74, 6) is -0.892. The molecule has 2 rings (SSSR count). The summed E-state index contributed by atoms with van der Waals surface area (Å²) in [6, 6.07) is 6.52. The van der Waals surface area contributed by atoms with Crippen molar-refractivity contribution in [2.24, 2.45) is 5.92 Å². The molecular formula is C15H19NO4. The Balaban J connectivity index is 1.85. The summed E-state index contributed by atoms with van der Waals surface area (Å²) < 4.78 is 5.42. The van der Waals surface area contributed by atoms with Gasteiger partial charge in [-0.05, 0) is 37.5 Å². The molecule has 1 saturated heterocycles. The van der Waals surface area contributed by atoms with Gasteiger partial charge in [0.25, 0.3) is 0 Å². The Morgan fingerprint density at radius 1 is 1.35 bits per heavy atom. The molecule has 1 aliphatic heterocycles.